The minimum atomic E-state index is -3.61. The predicted molar refractivity (Wildman–Crippen MR) is 87.2 cm³/mol. The molecule has 1 aliphatic carbocycles. The minimum Gasteiger partial charge on any atom is -0.370 e. The fourth-order valence-corrected chi connectivity index (χ4v) is 3.22. The molecule has 0 unspecified atom stereocenters. The van der Waals surface area contributed by atoms with E-state index in [2.05, 4.69) is 4.99 Å². The van der Waals surface area contributed by atoms with E-state index in [-0.39, 0.29) is 28.2 Å². The maximum Gasteiger partial charge on any atom is 0.247 e. The number of hydrogen-bond acceptors (Lipinski definition) is 4. The Balaban J connectivity index is 0.00000180. The highest BCUT2D eigenvalue weighted by atomic mass is 127. The number of primary sulfonamides is 1. The molecule has 0 aliphatic heterocycles. The van der Waals surface area contributed by atoms with Gasteiger partial charge in [-0.05, 0) is 25.0 Å². The predicted octanol–water partition coefficient (Wildman–Crippen LogP) is 0.922. The molecule has 1 heterocycles. The Morgan fingerprint density at radius 3 is 2.63 bits per heavy atom. The first-order valence-electron chi connectivity index (χ1n) is 5.52. The number of guanidine groups is 1. The van der Waals surface area contributed by atoms with Crippen LogP contribution in [0.3, 0.4) is 0 Å². The number of hydrogen-bond donors (Lipinski definition) is 2. The standard InChI is InChI=1S/C10H16N4O2S2.HI/c1-14(7-2-3-7)10(11)13-6-8-4-5-9(17-8)18(12,15)16;/h4-5,7H,2-3,6H2,1H3,(H2,11,13)(H2,12,15,16);1H. The molecule has 0 spiro atoms. The summed E-state index contributed by atoms with van der Waals surface area (Å²) in [6.45, 7) is 0.378. The number of thiophene rings is 1. The first kappa shape index (κ1) is 16.7. The molecule has 0 bridgehead atoms. The van der Waals surface area contributed by atoms with Crippen molar-refractivity contribution in [3.05, 3.63) is 17.0 Å². The van der Waals surface area contributed by atoms with Gasteiger partial charge in [0.1, 0.15) is 4.21 Å². The SMILES string of the molecule is CN(C(N)=NCc1ccc(S(N)(=O)=O)s1)C1CC1.I. The summed E-state index contributed by atoms with van der Waals surface area (Å²) in [6.07, 6.45) is 2.31. The number of aliphatic imine (C=N–C) groups is 1. The zero-order chi connectivity index (χ0) is 13.3. The molecule has 0 amide bonds. The molecule has 6 nitrogen and oxygen atoms in total. The van der Waals surface area contributed by atoms with E-state index in [4.69, 9.17) is 10.9 Å². The quantitative estimate of drug-likeness (QED) is 0.433. The second-order valence-electron chi connectivity index (χ2n) is 4.28. The van der Waals surface area contributed by atoms with Crippen molar-refractivity contribution in [2.45, 2.75) is 29.6 Å². The second-order valence-corrected chi connectivity index (χ2v) is 7.24. The molecule has 1 saturated carbocycles. The van der Waals surface area contributed by atoms with E-state index in [9.17, 15) is 8.42 Å². The van der Waals surface area contributed by atoms with Gasteiger partial charge in [0.05, 0.1) is 6.54 Å². The summed E-state index contributed by atoms with van der Waals surface area (Å²) >= 11 is 1.12. The van der Waals surface area contributed by atoms with Gasteiger partial charge in [0.15, 0.2) is 5.96 Å². The third-order valence-corrected chi connectivity index (χ3v) is 5.28. The van der Waals surface area contributed by atoms with Crippen molar-refractivity contribution in [1.82, 2.24) is 4.90 Å². The van der Waals surface area contributed by atoms with Gasteiger partial charge in [-0.25, -0.2) is 18.5 Å². The van der Waals surface area contributed by atoms with Crippen molar-refractivity contribution in [2.75, 3.05) is 7.05 Å². The fourth-order valence-electron chi connectivity index (χ4n) is 1.52. The lowest BCUT2D eigenvalue weighted by atomic mass is 10.5. The number of sulfonamides is 1. The fraction of sp³-hybridized carbons (Fsp3) is 0.500. The van der Waals surface area contributed by atoms with Crippen LogP contribution in [0.4, 0.5) is 0 Å². The van der Waals surface area contributed by atoms with E-state index in [0.717, 1.165) is 29.1 Å². The first-order valence-corrected chi connectivity index (χ1v) is 7.88. The largest absolute Gasteiger partial charge is 0.370 e. The summed E-state index contributed by atoms with van der Waals surface area (Å²) in [5.74, 6) is 0.489. The Labute approximate surface area is 133 Å². The van der Waals surface area contributed by atoms with Crippen molar-refractivity contribution in [2.24, 2.45) is 15.9 Å². The molecular formula is C10H17IN4O2S2. The van der Waals surface area contributed by atoms with Gasteiger partial charge in [0, 0.05) is 18.0 Å². The van der Waals surface area contributed by atoms with Crippen molar-refractivity contribution >= 4 is 51.3 Å². The van der Waals surface area contributed by atoms with Crippen LogP contribution in [0.5, 0.6) is 0 Å². The third kappa shape index (κ3) is 4.58. The van der Waals surface area contributed by atoms with Gasteiger partial charge in [-0.15, -0.1) is 35.3 Å². The third-order valence-electron chi connectivity index (χ3n) is 2.77. The molecule has 1 fully saturated rings. The molecule has 108 valence electrons. The van der Waals surface area contributed by atoms with Crippen LogP contribution >= 0.6 is 35.3 Å². The average Bonchev–Trinajstić information content (AvgIpc) is 3.02. The van der Waals surface area contributed by atoms with Crippen LogP contribution < -0.4 is 10.9 Å². The van der Waals surface area contributed by atoms with E-state index in [1.54, 1.807) is 6.07 Å². The van der Waals surface area contributed by atoms with Crippen LogP contribution in [0.2, 0.25) is 0 Å². The number of nitrogens with two attached hydrogens (primary N) is 2. The Hall–Kier alpha value is -0.390. The summed E-state index contributed by atoms with van der Waals surface area (Å²) < 4.78 is 22.4. The van der Waals surface area contributed by atoms with Gasteiger partial charge in [0.25, 0.3) is 0 Å². The zero-order valence-corrected chi connectivity index (χ0v) is 14.4. The normalized spacial score (nSPS) is 16.0. The first-order chi connectivity index (χ1) is 8.38. The lowest BCUT2D eigenvalue weighted by Gasteiger charge is -2.16. The van der Waals surface area contributed by atoms with Crippen molar-refractivity contribution < 1.29 is 8.42 Å². The van der Waals surface area contributed by atoms with Gasteiger partial charge in [-0.2, -0.15) is 0 Å². The van der Waals surface area contributed by atoms with Crippen molar-refractivity contribution in [3.8, 4) is 0 Å². The van der Waals surface area contributed by atoms with Gasteiger partial charge < -0.3 is 10.6 Å². The van der Waals surface area contributed by atoms with Crippen molar-refractivity contribution in [3.63, 3.8) is 0 Å². The molecular weight excluding hydrogens is 399 g/mol. The maximum absolute atomic E-state index is 11.1. The molecule has 0 saturated heterocycles. The van der Waals surface area contributed by atoms with Crippen LogP contribution in [-0.4, -0.2) is 32.4 Å². The summed E-state index contributed by atoms with van der Waals surface area (Å²) in [7, 11) is -1.69. The lowest BCUT2D eigenvalue weighted by molar-refractivity contribution is 0.487. The summed E-state index contributed by atoms with van der Waals surface area (Å²) in [4.78, 5) is 7.02. The molecule has 1 aromatic rings. The van der Waals surface area contributed by atoms with E-state index in [1.165, 1.54) is 6.07 Å². The number of rotatable bonds is 4. The molecule has 19 heavy (non-hydrogen) atoms. The maximum atomic E-state index is 11.1. The molecule has 4 N–H and O–H groups in total. The zero-order valence-electron chi connectivity index (χ0n) is 10.4. The van der Waals surface area contributed by atoms with Crippen LogP contribution in [0.1, 0.15) is 17.7 Å². The Morgan fingerprint density at radius 1 is 1.53 bits per heavy atom. The smallest absolute Gasteiger partial charge is 0.247 e. The Kier molecular flexibility index (Phi) is 5.59. The molecule has 0 radical (unpaired) electrons. The average molecular weight is 416 g/mol. The van der Waals surface area contributed by atoms with Crippen LogP contribution in [-0.2, 0) is 16.6 Å². The highest BCUT2D eigenvalue weighted by Gasteiger charge is 2.27. The van der Waals surface area contributed by atoms with E-state index in [0.29, 0.717) is 18.5 Å². The number of nitrogens with zero attached hydrogens (tertiary/aromatic N) is 2. The van der Waals surface area contributed by atoms with Gasteiger partial charge in [-0.1, -0.05) is 0 Å². The molecule has 0 atom stereocenters. The number of halogens is 1. The molecule has 2 rings (SSSR count). The topological polar surface area (TPSA) is 102 Å². The van der Waals surface area contributed by atoms with E-state index < -0.39 is 10.0 Å². The molecule has 1 aliphatic rings. The summed E-state index contributed by atoms with van der Waals surface area (Å²) in [6, 6.07) is 3.71. The summed E-state index contributed by atoms with van der Waals surface area (Å²) in [5.41, 5.74) is 5.84. The van der Waals surface area contributed by atoms with Crippen LogP contribution in [0.25, 0.3) is 0 Å². The van der Waals surface area contributed by atoms with Gasteiger partial charge >= 0.3 is 0 Å². The highest BCUT2D eigenvalue weighted by Crippen LogP contribution is 2.25. The highest BCUT2D eigenvalue weighted by molar-refractivity contribution is 14.0. The van der Waals surface area contributed by atoms with Crippen LogP contribution in [0, 0.1) is 0 Å². The van der Waals surface area contributed by atoms with Gasteiger partial charge in [-0.3, -0.25) is 0 Å². The van der Waals surface area contributed by atoms with Crippen molar-refractivity contribution in [1.29, 1.82) is 0 Å². The Morgan fingerprint density at radius 2 is 2.16 bits per heavy atom. The minimum absolute atomic E-state index is 0. The molecule has 0 aromatic carbocycles. The summed E-state index contributed by atoms with van der Waals surface area (Å²) in [5, 5.41) is 5.04. The molecule has 1 aromatic heterocycles. The van der Waals surface area contributed by atoms with Gasteiger partial charge in [0.2, 0.25) is 10.0 Å². The van der Waals surface area contributed by atoms with Crippen LogP contribution in [0.15, 0.2) is 21.3 Å². The van der Waals surface area contributed by atoms with E-state index >= 15 is 0 Å². The molecule has 9 heteroatoms. The lowest BCUT2D eigenvalue weighted by Crippen LogP contribution is -2.35. The Bertz CT molecular complexity index is 566. The second kappa shape index (κ2) is 6.37. The van der Waals surface area contributed by atoms with E-state index in [1.807, 2.05) is 11.9 Å². The monoisotopic (exact) mass is 416 g/mol.